The smallest absolute Gasteiger partial charge is 0.324 e. The van der Waals surface area contributed by atoms with Gasteiger partial charge in [-0.15, -0.1) is 11.3 Å². The predicted octanol–water partition coefficient (Wildman–Crippen LogP) is 6.30. The van der Waals surface area contributed by atoms with E-state index in [0.29, 0.717) is 43.9 Å². The number of cyclic esters (lactones) is 1. The number of hydrogen-bond acceptors (Lipinski definition) is 11. The van der Waals surface area contributed by atoms with Gasteiger partial charge in [-0.05, 0) is 95.8 Å². The number of amides is 4. The van der Waals surface area contributed by atoms with Crippen molar-refractivity contribution in [3.8, 4) is 22.5 Å². The molecule has 3 aromatic heterocycles. The molecule has 7 rings (SSSR count). The molecule has 15 nitrogen and oxygen atoms in total. The number of ether oxygens (including phenoxy) is 2. The summed E-state index contributed by atoms with van der Waals surface area (Å²) in [7, 11) is 7.36. The van der Waals surface area contributed by atoms with E-state index in [1.165, 1.54) is 21.2 Å². The molecule has 0 saturated carbocycles. The third-order valence-corrected chi connectivity index (χ3v) is 13.8. The lowest BCUT2D eigenvalue weighted by molar-refractivity contribution is -0.155. The van der Waals surface area contributed by atoms with Crippen LogP contribution in [0.4, 0.5) is 4.79 Å². The molecular formula is C48H67N9O6S. The fraction of sp³-hybridized carbons (Fsp3) is 0.583. The predicted molar refractivity (Wildman–Crippen MR) is 249 cm³/mol. The molecule has 0 unspecified atom stereocenters. The molecule has 5 atom stereocenters. The van der Waals surface area contributed by atoms with E-state index < -0.39 is 35.4 Å². The molecule has 0 aliphatic carbocycles. The molecule has 6 bridgehead atoms. The first-order chi connectivity index (χ1) is 30.5. The van der Waals surface area contributed by atoms with Gasteiger partial charge in [0.2, 0.25) is 5.91 Å². The number of hydrogen-bond donors (Lipinski definition) is 2. The molecule has 0 spiro atoms. The number of urea groups is 1. The second-order valence-electron chi connectivity index (χ2n) is 19.1. The van der Waals surface area contributed by atoms with E-state index in [-0.39, 0.29) is 43.0 Å². The Balaban J connectivity index is 1.28. The molecule has 64 heavy (non-hydrogen) atoms. The zero-order valence-electron chi connectivity index (χ0n) is 39.3. The van der Waals surface area contributed by atoms with Gasteiger partial charge in [-0.25, -0.2) is 15.2 Å². The van der Waals surface area contributed by atoms with E-state index in [4.69, 9.17) is 19.4 Å². The number of likely N-dealkylation sites (tertiary alicyclic amines) is 1. The lowest BCUT2D eigenvalue weighted by atomic mass is 9.84. The van der Waals surface area contributed by atoms with Gasteiger partial charge in [0.15, 0.2) is 0 Å². The molecule has 4 aromatic rings. The van der Waals surface area contributed by atoms with Crippen LogP contribution in [0.3, 0.4) is 0 Å². The minimum absolute atomic E-state index is 0.0544. The second-order valence-corrected chi connectivity index (χ2v) is 20.0. The van der Waals surface area contributed by atoms with Gasteiger partial charge in [-0.3, -0.25) is 24.4 Å². The highest BCUT2D eigenvalue weighted by Crippen LogP contribution is 2.42. The van der Waals surface area contributed by atoms with Gasteiger partial charge in [0.05, 0.1) is 34.8 Å². The second kappa shape index (κ2) is 19.7. The number of carbonyl (C=O) groups is 4. The summed E-state index contributed by atoms with van der Waals surface area (Å²) in [6.45, 7) is 14.7. The van der Waals surface area contributed by atoms with Crippen molar-refractivity contribution < 1.29 is 28.7 Å². The van der Waals surface area contributed by atoms with Gasteiger partial charge in [0.25, 0.3) is 5.91 Å². The maximum Gasteiger partial charge on any atom is 0.324 e. The highest BCUT2D eigenvalue weighted by Gasteiger charge is 2.40. The first-order valence-electron chi connectivity index (χ1n) is 22.8. The van der Waals surface area contributed by atoms with Gasteiger partial charge in [0, 0.05) is 91.8 Å². The van der Waals surface area contributed by atoms with Crippen molar-refractivity contribution in [1.29, 1.82) is 0 Å². The van der Waals surface area contributed by atoms with Crippen LogP contribution >= 0.6 is 11.3 Å². The number of thiazole rings is 1. The number of esters is 1. The number of carbonyl (C=O) groups excluding carboxylic acids is 4. The Morgan fingerprint density at radius 2 is 1.86 bits per heavy atom. The van der Waals surface area contributed by atoms with Crippen molar-refractivity contribution in [2.75, 3.05) is 54.5 Å². The van der Waals surface area contributed by atoms with Crippen LogP contribution in [0.1, 0.15) is 89.6 Å². The van der Waals surface area contributed by atoms with Crippen LogP contribution in [0.2, 0.25) is 0 Å². The molecule has 0 radical (unpaired) electrons. The topological polar surface area (TPSA) is 154 Å². The van der Waals surface area contributed by atoms with Crippen LogP contribution in [0.25, 0.3) is 33.4 Å². The molecular weight excluding hydrogens is 831 g/mol. The molecule has 2 saturated heterocycles. The number of likely N-dealkylation sites (N-methyl/N-ethyl adjacent to an activating group) is 2. The fourth-order valence-corrected chi connectivity index (χ4v) is 10.6. The Morgan fingerprint density at radius 3 is 2.58 bits per heavy atom. The van der Waals surface area contributed by atoms with Crippen molar-refractivity contribution >= 4 is 46.1 Å². The van der Waals surface area contributed by atoms with Crippen LogP contribution in [-0.2, 0) is 43.2 Å². The van der Waals surface area contributed by atoms with Crippen LogP contribution in [0.5, 0.6) is 0 Å². The van der Waals surface area contributed by atoms with E-state index in [0.717, 1.165) is 64.1 Å². The van der Waals surface area contributed by atoms with Crippen LogP contribution in [0.15, 0.2) is 41.9 Å². The monoisotopic (exact) mass is 897 g/mol. The Kier molecular flexibility index (Phi) is 14.5. The quantitative estimate of drug-likeness (QED) is 0.173. The summed E-state index contributed by atoms with van der Waals surface area (Å²) in [5.74, 6) is -1.50. The molecule has 3 aliphatic heterocycles. The Labute approximate surface area is 381 Å². The number of methoxy groups -OCH3 is 1. The normalized spacial score (nSPS) is 21.5. The molecule has 6 heterocycles. The average Bonchev–Trinajstić information content (AvgIpc) is 4.01. The third kappa shape index (κ3) is 9.85. The Hall–Kier alpha value is -4.90. The van der Waals surface area contributed by atoms with E-state index >= 15 is 0 Å². The van der Waals surface area contributed by atoms with Crippen LogP contribution in [-0.4, -0.2) is 137 Å². The number of nitrogens with zero attached hydrogens (tertiary/aromatic N) is 7. The zero-order chi connectivity index (χ0) is 46.0. The lowest BCUT2D eigenvalue weighted by Gasteiger charge is -2.38. The van der Waals surface area contributed by atoms with Crippen molar-refractivity contribution in [3.05, 3.63) is 58.2 Å². The van der Waals surface area contributed by atoms with E-state index in [9.17, 15) is 19.2 Å². The van der Waals surface area contributed by atoms with Gasteiger partial charge < -0.3 is 34.1 Å². The van der Waals surface area contributed by atoms with Gasteiger partial charge >= 0.3 is 12.0 Å². The molecule has 3 aliphatic rings. The molecule has 1 aromatic carbocycles. The number of benzene rings is 1. The molecule has 2 N–H and O–H groups in total. The first-order valence-corrected chi connectivity index (χ1v) is 23.7. The summed E-state index contributed by atoms with van der Waals surface area (Å²) in [4.78, 5) is 72.5. The summed E-state index contributed by atoms with van der Waals surface area (Å²) >= 11 is 1.43. The minimum atomic E-state index is -1.04. The highest BCUT2D eigenvalue weighted by atomic mass is 32.1. The van der Waals surface area contributed by atoms with Gasteiger partial charge in [-0.1, -0.05) is 33.8 Å². The summed E-state index contributed by atoms with van der Waals surface area (Å²) < 4.78 is 14.3. The fourth-order valence-electron chi connectivity index (χ4n) is 9.77. The van der Waals surface area contributed by atoms with E-state index in [2.05, 4.69) is 65.2 Å². The Bertz CT molecular complexity index is 2340. The lowest BCUT2D eigenvalue weighted by Crippen LogP contribution is -2.62. The number of aromatic nitrogens is 3. The summed E-state index contributed by atoms with van der Waals surface area (Å²) in [5.41, 5.74) is 9.42. The summed E-state index contributed by atoms with van der Waals surface area (Å²) in [6, 6.07) is 7.69. The molecule has 16 heteroatoms. The SMILES string of the molecule is CCn1c(-c2cccnc2[C@H](C)OC)c2c3cc(ccc31)-c1csc(n1)C[C@H](NC(=O)[C@H](C(C)C)N(C)C(=O)N1CCC[C@H]1CN(C)C)C(=O)N1CCC[C@H](N1)C(=O)OCC(C)(C)C2. The highest BCUT2D eigenvalue weighted by molar-refractivity contribution is 7.10. The minimum Gasteiger partial charge on any atom is -0.464 e. The van der Waals surface area contributed by atoms with Gasteiger partial charge in [-0.2, -0.15) is 0 Å². The molecule has 346 valence electrons. The average molecular weight is 898 g/mol. The van der Waals surface area contributed by atoms with E-state index in [1.807, 2.05) is 51.2 Å². The standard InChI is InChI=1S/C48H67N9O6S/c1-11-55-39-19-18-31-23-34(39)35(43(55)33-16-12-20-49-41(33)30(4)62-10)25-48(5,6)28-63-46(60)36-17-14-22-57(52-36)45(59)37(24-40-50-38(31)27-64-40)51-44(58)42(29(2)3)54(9)47(61)56-21-13-15-32(56)26-53(7)8/h12,16,18-20,23,27,29-30,32,36-37,42,52H,11,13-15,17,21-22,24-26,28H2,1-10H3,(H,51,58)/t30-,32-,36-,37-,42-/m0/s1. The van der Waals surface area contributed by atoms with E-state index in [1.54, 1.807) is 20.4 Å². The third-order valence-electron chi connectivity index (χ3n) is 13.0. The van der Waals surface area contributed by atoms with Gasteiger partial charge in [0.1, 0.15) is 18.1 Å². The summed E-state index contributed by atoms with van der Waals surface area (Å²) in [6.07, 6.45) is 5.11. The number of nitrogens with one attached hydrogen (secondary N) is 2. The van der Waals surface area contributed by atoms with Crippen LogP contribution in [0, 0.1) is 11.3 Å². The zero-order valence-corrected chi connectivity index (χ0v) is 40.1. The molecule has 4 amide bonds. The van der Waals surface area contributed by atoms with Crippen molar-refractivity contribution in [2.24, 2.45) is 11.3 Å². The number of pyridine rings is 1. The molecule has 2 fully saturated rings. The maximum atomic E-state index is 14.6. The Morgan fingerprint density at radius 1 is 1.09 bits per heavy atom. The number of fused-ring (bicyclic) bond motifs is 6. The van der Waals surface area contributed by atoms with Crippen LogP contribution < -0.4 is 10.7 Å². The van der Waals surface area contributed by atoms with Crippen molar-refractivity contribution in [1.82, 2.24) is 45.0 Å². The van der Waals surface area contributed by atoms with Crippen molar-refractivity contribution in [2.45, 2.75) is 117 Å². The first kappa shape index (κ1) is 47.1. The number of hydrazine groups is 1. The number of rotatable bonds is 10. The summed E-state index contributed by atoms with van der Waals surface area (Å²) in [5, 5.41) is 8.25. The largest absolute Gasteiger partial charge is 0.464 e. The van der Waals surface area contributed by atoms with Crippen molar-refractivity contribution in [3.63, 3.8) is 0 Å². The maximum absolute atomic E-state index is 14.6. The number of aryl methyl sites for hydroxylation is 1.